The molecule has 1 saturated carbocycles. The lowest BCUT2D eigenvalue weighted by molar-refractivity contribution is -0.142. The number of aromatic nitrogens is 2. The summed E-state index contributed by atoms with van der Waals surface area (Å²) >= 11 is 6.03. The van der Waals surface area contributed by atoms with Crippen LogP contribution in [0.2, 0.25) is 5.02 Å². The van der Waals surface area contributed by atoms with Crippen LogP contribution in [0.5, 0.6) is 0 Å². The number of nitrogens with zero attached hydrogens (tertiary/aromatic N) is 3. The van der Waals surface area contributed by atoms with E-state index in [-0.39, 0.29) is 11.9 Å². The maximum atomic E-state index is 13.5. The van der Waals surface area contributed by atoms with Crippen molar-refractivity contribution in [2.75, 3.05) is 6.54 Å². The average Bonchev–Trinajstić information content (AvgIpc) is 3.24. The highest BCUT2D eigenvalue weighted by molar-refractivity contribution is 6.30. The van der Waals surface area contributed by atoms with Gasteiger partial charge in [-0.2, -0.15) is 4.98 Å². The van der Waals surface area contributed by atoms with E-state index in [1.54, 1.807) is 0 Å². The van der Waals surface area contributed by atoms with Gasteiger partial charge in [-0.05, 0) is 43.4 Å². The summed E-state index contributed by atoms with van der Waals surface area (Å²) < 4.78 is 5.43. The van der Waals surface area contributed by atoms with Gasteiger partial charge < -0.3 is 9.42 Å². The molecule has 2 fully saturated rings. The van der Waals surface area contributed by atoms with Crippen LogP contribution >= 0.6 is 11.6 Å². The van der Waals surface area contributed by atoms with E-state index in [1.807, 2.05) is 36.1 Å². The van der Waals surface area contributed by atoms with Crippen LogP contribution in [-0.2, 0) is 16.6 Å². The largest absolute Gasteiger partial charge is 0.337 e. The summed E-state index contributed by atoms with van der Waals surface area (Å²) in [6.07, 6.45) is 5.44. The molecule has 2 aliphatic rings. The van der Waals surface area contributed by atoms with E-state index in [2.05, 4.69) is 10.1 Å². The number of benzene rings is 1. The molecule has 1 saturated heterocycles. The fraction of sp³-hybridized carbons (Fsp3) is 0.526. The summed E-state index contributed by atoms with van der Waals surface area (Å²) in [4.78, 5) is 19.9. The van der Waals surface area contributed by atoms with E-state index < -0.39 is 5.41 Å². The average molecular weight is 360 g/mol. The molecule has 1 aromatic heterocycles. The highest BCUT2D eigenvalue weighted by atomic mass is 35.5. The molecule has 0 bridgehead atoms. The van der Waals surface area contributed by atoms with E-state index >= 15 is 0 Å². The van der Waals surface area contributed by atoms with Crippen LogP contribution < -0.4 is 0 Å². The van der Waals surface area contributed by atoms with Crippen molar-refractivity contribution in [2.24, 2.45) is 0 Å². The van der Waals surface area contributed by atoms with Crippen LogP contribution in [0.1, 0.15) is 62.3 Å². The predicted molar refractivity (Wildman–Crippen MR) is 94.3 cm³/mol. The van der Waals surface area contributed by atoms with Gasteiger partial charge >= 0.3 is 0 Å². The Labute approximate surface area is 152 Å². The van der Waals surface area contributed by atoms with E-state index in [1.165, 1.54) is 0 Å². The second-order valence-corrected chi connectivity index (χ2v) is 7.44. The van der Waals surface area contributed by atoms with Crippen molar-refractivity contribution in [3.8, 4) is 0 Å². The van der Waals surface area contributed by atoms with Crippen molar-refractivity contribution in [1.29, 1.82) is 0 Å². The van der Waals surface area contributed by atoms with Crippen molar-refractivity contribution in [3.05, 3.63) is 46.6 Å². The third-order valence-electron chi connectivity index (χ3n) is 5.61. The lowest BCUT2D eigenvalue weighted by Gasteiger charge is -2.44. The number of hydrogen-bond acceptors (Lipinski definition) is 4. The predicted octanol–water partition coefficient (Wildman–Crippen LogP) is 4.07. The van der Waals surface area contributed by atoms with Gasteiger partial charge in [0, 0.05) is 18.0 Å². The van der Waals surface area contributed by atoms with Crippen molar-refractivity contribution < 1.29 is 9.32 Å². The molecule has 0 unspecified atom stereocenters. The van der Waals surface area contributed by atoms with Gasteiger partial charge in [0.05, 0.1) is 5.41 Å². The first-order valence-corrected chi connectivity index (χ1v) is 9.41. The third kappa shape index (κ3) is 2.74. The fourth-order valence-electron chi connectivity index (χ4n) is 4.01. The van der Waals surface area contributed by atoms with Crippen LogP contribution in [0.3, 0.4) is 0 Å². The second-order valence-electron chi connectivity index (χ2n) is 7.00. The normalized spacial score (nSPS) is 22.0. The van der Waals surface area contributed by atoms with Gasteiger partial charge in [0.2, 0.25) is 11.8 Å². The highest BCUT2D eigenvalue weighted by Gasteiger charge is 2.50. The molecular formula is C19H22ClN3O2. The molecule has 6 heteroatoms. The van der Waals surface area contributed by atoms with Crippen molar-refractivity contribution in [1.82, 2.24) is 15.0 Å². The molecular weight excluding hydrogens is 338 g/mol. The summed E-state index contributed by atoms with van der Waals surface area (Å²) in [6.45, 7) is 2.75. The first kappa shape index (κ1) is 16.6. The highest BCUT2D eigenvalue weighted by Crippen LogP contribution is 2.47. The number of likely N-dealkylation sites (tertiary alicyclic amines) is 1. The molecule has 1 amide bonds. The Kier molecular flexibility index (Phi) is 4.28. The molecule has 0 spiro atoms. The lowest BCUT2D eigenvalue weighted by Crippen LogP contribution is -2.50. The van der Waals surface area contributed by atoms with E-state index in [0.717, 1.165) is 50.6 Å². The Morgan fingerprint density at radius 3 is 2.68 bits per heavy atom. The number of aryl methyl sites for hydroxylation is 1. The molecule has 2 aromatic rings. The molecule has 25 heavy (non-hydrogen) atoms. The zero-order valence-corrected chi connectivity index (χ0v) is 15.1. The Morgan fingerprint density at radius 2 is 2.08 bits per heavy atom. The summed E-state index contributed by atoms with van der Waals surface area (Å²) in [5.74, 6) is 1.47. The van der Waals surface area contributed by atoms with Crippen LogP contribution in [-0.4, -0.2) is 27.5 Å². The Morgan fingerprint density at radius 1 is 1.32 bits per heavy atom. The Balaban J connectivity index is 1.62. The first-order valence-electron chi connectivity index (χ1n) is 9.03. The van der Waals surface area contributed by atoms with Crippen molar-refractivity contribution in [2.45, 2.75) is 56.9 Å². The number of rotatable bonds is 4. The first-order chi connectivity index (χ1) is 12.1. The summed E-state index contributed by atoms with van der Waals surface area (Å²) in [6, 6.07) is 7.64. The maximum Gasteiger partial charge on any atom is 0.249 e. The van der Waals surface area contributed by atoms with Crippen molar-refractivity contribution in [3.63, 3.8) is 0 Å². The van der Waals surface area contributed by atoms with E-state index in [9.17, 15) is 4.79 Å². The molecule has 5 nitrogen and oxygen atoms in total. The fourth-order valence-corrected chi connectivity index (χ4v) is 4.14. The minimum atomic E-state index is -0.416. The smallest absolute Gasteiger partial charge is 0.249 e. The standard InChI is InChI=1S/C19H22ClN3O2/c1-2-16-21-17(25-22-16)15-5-3-12-23(15)18(24)19(10-4-11-19)13-6-8-14(20)9-7-13/h6-9,15H,2-5,10-12H2,1H3/t15-/m0/s1. The van der Waals surface area contributed by atoms with E-state index in [4.69, 9.17) is 16.1 Å². The molecule has 1 aliphatic carbocycles. The Hall–Kier alpha value is -1.88. The minimum absolute atomic E-state index is 0.0925. The third-order valence-corrected chi connectivity index (χ3v) is 5.86. The molecule has 0 radical (unpaired) electrons. The van der Waals surface area contributed by atoms with Gasteiger partial charge in [-0.15, -0.1) is 0 Å². The lowest BCUT2D eigenvalue weighted by atomic mass is 9.63. The minimum Gasteiger partial charge on any atom is -0.337 e. The van der Waals surface area contributed by atoms with Gasteiger partial charge in [0.1, 0.15) is 6.04 Å². The second kappa shape index (κ2) is 6.45. The van der Waals surface area contributed by atoms with Gasteiger partial charge in [-0.3, -0.25) is 4.79 Å². The maximum absolute atomic E-state index is 13.5. The number of hydrogen-bond donors (Lipinski definition) is 0. The molecule has 4 rings (SSSR count). The number of halogens is 1. The molecule has 1 aliphatic heterocycles. The SMILES string of the molecule is CCc1noc([C@@H]2CCCN2C(=O)C2(c3ccc(Cl)cc3)CCC2)n1. The monoisotopic (exact) mass is 359 g/mol. The van der Waals surface area contributed by atoms with Crippen LogP contribution in [0.4, 0.5) is 0 Å². The number of amides is 1. The van der Waals surface area contributed by atoms with Crippen LogP contribution in [0.15, 0.2) is 28.8 Å². The van der Waals surface area contributed by atoms with Crippen LogP contribution in [0.25, 0.3) is 0 Å². The molecule has 132 valence electrons. The summed E-state index contributed by atoms with van der Waals surface area (Å²) in [5.41, 5.74) is 0.652. The molecule has 1 aromatic carbocycles. The van der Waals surface area contributed by atoms with Gasteiger partial charge in [0.15, 0.2) is 5.82 Å². The molecule has 1 atom stereocenters. The van der Waals surface area contributed by atoms with Crippen LogP contribution in [0, 0.1) is 0 Å². The number of carbonyl (C=O) groups excluding carboxylic acids is 1. The quantitative estimate of drug-likeness (QED) is 0.825. The van der Waals surface area contributed by atoms with Crippen molar-refractivity contribution >= 4 is 17.5 Å². The molecule has 2 heterocycles. The van der Waals surface area contributed by atoms with Gasteiger partial charge in [-0.25, -0.2) is 0 Å². The van der Waals surface area contributed by atoms with E-state index in [0.29, 0.717) is 16.7 Å². The number of carbonyl (C=O) groups is 1. The topological polar surface area (TPSA) is 59.2 Å². The summed E-state index contributed by atoms with van der Waals surface area (Å²) in [5, 5.41) is 4.70. The van der Waals surface area contributed by atoms with Gasteiger partial charge in [0.25, 0.3) is 0 Å². The Bertz CT molecular complexity index is 767. The zero-order chi connectivity index (χ0) is 17.4. The zero-order valence-electron chi connectivity index (χ0n) is 14.4. The van der Waals surface area contributed by atoms with Gasteiger partial charge in [-0.1, -0.05) is 42.2 Å². The summed E-state index contributed by atoms with van der Waals surface area (Å²) in [7, 11) is 0. The molecule has 0 N–H and O–H groups in total.